The maximum Gasteiger partial charge on any atom is 0.226 e. The topological polar surface area (TPSA) is 108 Å². The van der Waals surface area contributed by atoms with Crippen molar-refractivity contribution in [1.29, 1.82) is 0 Å². The number of fused-ring (bicyclic) bond motifs is 1. The van der Waals surface area contributed by atoms with Crippen LogP contribution in [0.1, 0.15) is 58.4 Å². The molecule has 1 aliphatic carbocycles. The van der Waals surface area contributed by atoms with Crippen molar-refractivity contribution in [3.05, 3.63) is 35.8 Å². The molecule has 0 bridgehead atoms. The molecular weight excluding hydrogens is 499 g/mol. The number of carbonyl (C=O) groups excluding carboxylic acids is 1. The van der Waals surface area contributed by atoms with Gasteiger partial charge in [0.1, 0.15) is 17.0 Å². The van der Waals surface area contributed by atoms with Gasteiger partial charge in [-0.05, 0) is 52.4 Å². The van der Waals surface area contributed by atoms with E-state index >= 15 is 0 Å². The van der Waals surface area contributed by atoms with Crippen LogP contribution >= 0.6 is 0 Å². The first-order valence-electron chi connectivity index (χ1n) is 13.1. The molecule has 0 spiro atoms. The Morgan fingerprint density at radius 2 is 1.82 bits per heavy atom. The van der Waals surface area contributed by atoms with E-state index in [1.165, 1.54) is 0 Å². The highest BCUT2D eigenvalue weighted by atomic mass is 19.1. The first-order valence-corrected chi connectivity index (χ1v) is 13.1. The number of nitrogens with zero attached hydrogens (tertiary/aromatic N) is 5. The maximum absolute atomic E-state index is 14.5. The third-order valence-corrected chi connectivity index (χ3v) is 7.38. The summed E-state index contributed by atoms with van der Waals surface area (Å²) in [5.74, 6) is -2.68. The number of nitrogens with one attached hydrogen (secondary N) is 2. The normalized spacial score (nSPS) is 21.9. The maximum atomic E-state index is 14.5. The van der Waals surface area contributed by atoms with Crippen LogP contribution < -0.4 is 10.6 Å². The van der Waals surface area contributed by atoms with Crippen LogP contribution in [0.2, 0.25) is 0 Å². The lowest BCUT2D eigenvalue weighted by Crippen LogP contribution is -2.42. The number of amides is 1. The molecule has 1 atom stereocenters. The SMILES string of the molecule is CC(C)Nc1ncc2nc(Nc3c(F)cc(F)cc3F)n(C3CCC(C(=O)N4CCC[C@@H]4CO)CC3)c2n1. The third-order valence-electron chi connectivity index (χ3n) is 7.38. The predicted molar refractivity (Wildman–Crippen MR) is 136 cm³/mol. The van der Waals surface area contributed by atoms with E-state index in [9.17, 15) is 23.1 Å². The van der Waals surface area contributed by atoms with Gasteiger partial charge in [0.2, 0.25) is 17.8 Å². The number of benzene rings is 1. The Labute approximate surface area is 218 Å². The lowest BCUT2D eigenvalue weighted by atomic mass is 9.85. The molecule has 9 nitrogen and oxygen atoms in total. The van der Waals surface area contributed by atoms with Gasteiger partial charge in [0, 0.05) is 36.7 Å². The summed E-state index contributed by atoms with van der Waals surface area (Å²) in [4.78, 5) is 28.4. The van der Waals surface area contributed by atoms with E-state index in [1.807, 2.05) is 18.7 Å². The summed E-state index contributed by atoms with van der Waals surface area (Å²) < 4.78 is 44.3. The van der Waals surface area contributed by atoms with Crippen molar-refractivity contribution in [3.8, 4) is 0 Å². The third kappa shape index (κ3) is 5.13. The van der Waals surface area contributed by atoms with Gasteiger partial charge in [0.15, 0.2) is 17.3 Å². The van der Waals surface area contributed by atoms with E-state index in [0.29, 0.717) is 61.5 Å². The Kier molecular flexibility index (Phi) is 7.42. The van der Waals surface area contributed by atoms with Crippen LogP contribution in [0.5, 0.6) is 0 Å². The molecule has 3 heterocycles. The van der Waals surface area contributed by atoms with Crippen LogP contribution in [-0.4, -0.2) is 60.7 Å². The van der Waals surface area contributed by atoms with Gasteiger partial charge in [-0.3, -0.25) is 9.36 Å². The highest BCUT2D eigenvalue weighted by molar-refractivity contribution is 5.80. The molecule has 38 heavy (non-hydrogen) atoms. The molecule has 2 aliphatic rings. The summed E-state index contributed by atoms with van der Waals surface area (Å²) in [6, 6.07) is 1.04. The van der Waals surface area contributed by atoms with Crippen molar-refractivity contribution in [3.63, 3.8) is 0 Å². The van der Waals surface area contributed by atoms with Gasteiger partial charge >= 0.3 is 0 Å². The van der Waals surface area contributed by atoms with Crippen LogP contribution in [0.3, 0.4) is 0 Å². The van der Waals surface area contributed by atoms with E-state index < -0.39 is 23.1 Å². The van der Waals surface area contributed by atoms with Crippen LogP contribution in [-0.2, 0) is 4.79 Å². The number of imidazole rings is 1. The second kappa shape index (κ2) is 10.8. The van der Waals surface area contributed by atoms with Crippen LogP contribution in [0, 0.1) is 23.4 Å². The largest absolute Gasteiger partial charge is 0.394 e. The average molecular weight is 532 g/mol. The molecule has 1 saturated heterocycles. The van der Waals surface area contributed by atoms with E-state index in [0.717, 1.165) is 12.8 Å². The average Bonchev–Trinajstić information content (AvgIpc) is 3.49. The molecule has 204 valence electrons. The van der Waals surface area contributed by atoms with E-state index in [4.69, 9.17) is 0 Å². The van der Waals surface area contributed by atoms with Gasteiger partial charge < -0.3 is 20.6 Å². The van der Waals surface area contributed by atoms with Crippen LogP contribution in [0.15, 0.2) is 18.3 Å². The van der Waals surface area contributed by atoms with Crippen molar-refractivity contribution in [1.82, 2.24) is 24.4 Å². The smallest absolute Gasteiger partial charge is 0.226 e. The van der Waals surface area contributed by atoms with Gasteiger partial charge in [-0.15, -0.1) is 0 Å². The number of rotatable bonds is 7. The minimum absolute atomic E-state index is 0.0277. The quantitative estimate of drug-likeness (QED) is 0.411. The van der Waals surface area contributed by atoms with Crippen LogP contribution in [0.25, 0.3) is 11.2 Å². The summed E-state index contributed by atoms with van der Waals surface area (Å²) >= 11 is 0. The van der Waals surface area contributed by atoms with E-state index in [1.54, 1.807) is 10.8 Å². The van der Waals surface area contributed by atoms with Crippen molar-refractivity contribution in [2.45, 2.75) is 70.5 Å². The van der Waals surface area contributed by atoms with Crippen molar-refractivity contribution in [2.75, 3.05) is 23.8 Å². The number of likely N-dealkylation sites (tertiary alicyclic amines) is 1. The molecule has 2 aromatic heterocycles. The molecule has 1 aliphatic heterocycles. The number of aliphatic hydroxyl groups excluding tert-OH is 1. The minimum Gasteiger partial charge on any atom is -0.394 e. The fourth-order valence-corrected chi connectivity index (χ4v) is 5.56. The molecule has 3 aromatic rings. The molecular formula is C26H32F3N7O2. The van der Waals surface area contributed by atoms with Crippen LogP contribution in [0.4, 0.5) is 30.8 Å². The zero-order valence-corrected chi connectivity index (χ0v) is 21.4. The minimum atomic E-state index is -1.08. The van der Waals surface area contributed by atoms with E-state index in [-0.39, 0.29) is 42.5 Å². The molecule has 0 unspecified atom stereocenters. The Morgan fingerprint density at radius 3 is 2.47 bits per heavy atom. The lowest BCUT2D eigenvalue weighted by Gasteiger charge is -2.33. The number of hydrogen-bond donors (Lipinski definition) is 3. The fourth-order valence-electron chi connectivity index (χ4n) is 5.56. The fraction of sp³-hybridized carbons (Fsp3) is 0.538. The molecule has 1 amide bonds. The van der Waals surface area contributed by atoms with Gasteiger partial charge in [-0.2, -0.15) is 4.98 Å². The Balaban J connectivity index is 1.45. The first kappa shape index (κ1) is 26.2. The van der Waals surface area contributed by atoms with Gasteiger partial charge in [-0.25, -0.2) is 23.1 Å². The zero-order chi connectivity index (χ0) is 27.0. The Bertz CT molecular complexity index is 1300. The highest BCUT2D eigenvalue weighted by Crippen LogP contribution is 2.39. The summed E-state index contributed by atoms with van der Waals surface area (Å²) in [5, 5.41) is 15.5. The number of carbonyl (C=O) groups is 1. The van der Waals surface area contributed by atoms with Crippen molar-refractivity contribution < 1.29 is 23.1 Å². The zero-order valence-electron chi connectivity index (χ0n) is 21.4. The van der Waals surface area contributed by atoms with Gasteiger partial charge in [-0.1, -0.05) is 0 Å². The Morgan fingerprint density at radius 1 is 1.11 bits per heavy atom. The number of hydrogen-bond acceptors (Lipinski definition) is 7. The van der Waals surface area contributed by atoms with Gasteiger partial charge in [0.05, 0.1) is 18.8 Å². The number of aromatic nitrogens is 4. The molecule has 3 N–H and O–H groups in total. The lowest BCUT2D eigenvalue weighted by molar-refractivity contribution is -0.138. The van der Waals surface area contributed by atoms with Gasteiger partial charge in [0.25, 0.3) is 0 Å². The predicted octanol–water partition coefficient (Wildman–Crippen LogP) is 4.52. The number of aliphatic hydroxyl groups is 1. The van der Waals surface area contributed by atoms with Crippen molar-refractivity contribution in [2.24, 2.45) is 5.92 Å². The Hall–Kier alpha value is -3.41. The summed E-state index contributed by atoms with van der Waals surface area (Å²) in [6.07, 6.45) is 5.75. The van der Waals surface area contributed by atoms with Crippen molar-refractivity contribution >= 4 is 34.7 Å². The molecule has 12 heteroatoms. The summed E-state index contributed by atoms with van der Waals surface area (Å²) in [7, 11) is 0. The van der Waals surface area contributed by atoms with E-state index in [2.05, 4.69) is 25.6 Å². The molecule has 0 radical (unpaired) electrons. The first-order chi connectivity index (χ1) is 18.2. The number of anilines is 3. The molecule has 5 rings (SSSR count). The molecule has 1 aromatic carbocycles. The number of halogens is 3. The monoisotopic (exact) mass is 531 g/mol. The second-order valence-electron chi connectivity index (χ2n) is 10.4. The second-order valence-corrected chi connectivity index (χ2v) is 10.4. The molecule has 2 fully saturated rings. The standard InChI is InChI=1S/C26H32F3N7O2/c1-14(2)31-25-30-12-21-23(34-25)36(26(32-21)33-22-19(28)10-16(27)11-20(22)29)17-7-5-15(6-8-17)24(38)35-9-3-4-18(35)13-37/h10-12,14-15,17-18,37H,3-9,13H2,1-2H3,(H,32,33)(H,30,31,34)/t15?,17?,18-/m1/s1. The highest BCUT2D eigenvalue weighted by Gasteiger charge is 2.36. The summed E-state index contributed by atoms with van der Waals surface area (Å²) in [6.45, 7) is 4.55. The summed E-state index contributed by atoms with van der Waals surface area (Å²) in [5.41, 5.74) is 0.415. The molecule has 1 saturated carbocycles.